The van der Waals surface area contributed by atoms with Crippen molar-refractivity contribution in [3.8, 4) is 5.75 Å². The van der Waals surface area contributed by atoms with E-state index in [9.17, 15) is 4.79 Å². The second-order valence-electron chi connectivity index (χ2n) is 4.61. The third-order valence-electron chi connectivity index (χ3n) is 3.30. The van der Waals surface area contributed by atoms with E-state index < -0.39 is 0 Å². The molecule has 0 aromatic heterocycles. The number of halogens is 2. The lowest BCUT2D eigenvalue weighted by Crippen LogP contribution is -2.38. The molecule has 2 aromatic carbocycles. The van der Waals surface area contributed by atoms with Gasteiger partial charge in [0.05, 0.1) is 17.1 Å². The molecule has 1 heterocycles. The van der Waals surface area contributed by atoms with Crippen molar-refractivity contribution in [3.05, 3.63) is 56.5 Å². The highest BCUT2D eigenvalue weighted by Crippen LogP contribution is 2.38. The second-order valence-corrected chi connectivity index (χ2v) is 6.38. The molecule has 108 valence electrons. The highest BCUT2D eigenvalue weighted by Gasteiger charge is 2.27. The second kappa shape index (κ2) is 5.69. The monoisotopic (exact) mass is 410 g/mol. The summed E-state index contributed by atoms with van der Waals surface area (Å²) in [6, 6.07) is 11.3. The molecule has 1 atom stereocenters. The third kappa shape index (κ3) is 2.65. The maximum Gasteiger partial charge on any atom is 0.255 e. The van der Waals surface area contributed by atoms with Gasteiger partial charge in [-0.3, -0.25) is 4.79 Å². The largest absolute Gasteiger partial charge is 0.495 e. The molecule has 0 saturated heterocycles. The Balaban J connectivity index is 2.06. The van der Waals surface area contributed by atoms with Crippen molar-refractivity contribution in [1.82, 2.24) is 5.32 Å². The zero-order valence-corrected chi connectivity index (χ0v) is 14.3. The molecule has 0 bridgehead atoms. The summed E-state index contributed by atoms with van der Waals surface area (Å²) in [6.07, 6.45) is -0.351. The van der Waals surface area contributed by atoms with Crippen molar-refractivity contribution >= 4 is 43.5 Å². The Kier molecular flexibility index (Phi) is 3.91. The molecule has 6 heteroatoms. The summed E-state index contributed by atoms with van der Waals surface area (Å²) >= 11 is 6.94. The van der Waals surface area contributed by atoms with Crippen LogP contribution in [-0.4, -0.2) is 13.0 Å². The number of rotatable bonds is 2. The molecule has 0 spiro atoms. The van der Waals surface area contributed by atoms with Gasteiger partial charge in [0, 0.05) is 15.7 Å². The van der Waals surface area contributed by atoms with E-state index in [1.807, 2.05) is 30.3 Å². The standard InChI is InChI=1S/C15H12Br2N2O2/c1-21-13-10(6-8(16)7-11(13)17)14-18-12-5-3-2-4-9(12)15(20)19-14/h2-7,14,18H,1H3,(H,19,20)/t14-/m1/s1. The van der Waals surface area contributed by atoms with E-state index in [-0.39, 0.29) is 12.1 Å². The average Bonchev–Trinajstić information content (AvgIpc) is 2.46. The van der Waals surface area contributed by atoms with Gasteiger partial charge in [0.25, 0.3) is 5.91 Å². The van der Waals surface area contributed by atoms with Crippen LogP contribution in [0.1, 0.15) is 22.1 Å². The fourth-order valence-corrected chi connectivity index (χ4v) is 3.79. The Morgan fingerprint density at radius 2 is 1.90 bits per heavy atom. The van der Waals surface area contributed by atoms with Crippen molar-refractivity contribution in [2.45, 2.75) is 6.17 Å². The van der Waals surface area contributed by atoms with E-state index in [4.69, 9.17) is 4.74 Å². The molecule has 1 aliphatic rings. The number of nitrogens with one attached hydrogen (secondary N) is 2. The first-order valence-electron chi connectivity index (χ1n) is 6.29. The number of methoxy groups -OCH3 is 1. The van der Waals surface area contributed by atoms with Gasteiger partial charge in [-0.2, -0.15) is 0 Å². The number of benzene rings is 2. The predicted molar refractivity (Wildman–Crippen MR) is 88.7 cm³/mol. The highest BCUT2D eigenvalue weighted by molar-refractivity contribution is 9.11. The summed E-state index contributed by atoms with van der Waals surface area (Å²) in [5.41, 5.74) is 2.30. The minimum absolute atomic E-state index is 0.104. The quantitative estimate of drug-likeness (QED) is 0.782. The van der Waals surface area contributed by atoms with Crippen molar-refractivity contribution < 1.29 is 9.53 Å². The normalized spacial score (nSPS) is 16.7. The summed E-state index contributed by atoms with van der Waals surface area (Å²) < 4.78 is 7.17. The molecular weight excluding hydrogens is 400 g/mol. The smallest absolute Gasteiger partial charge is 0.255 e. The number of hydrogen-bond acceptors (Lipinski definition) is 3. The van der Waals surface area contributed by atoms with Gasteiger partial charge in [-0.05, 0) is 40.2 Å². The Morgan fingerprint density at radius 1 is 1.14 bits per heavy atom. The summed E-state index contributed by atoms with van der Waals surface area (Å²) in [5, 5.41) is 6.27. The number of anilines is 1. The molecule has 0 radical (unpaired) electrons. The van der Waals surface area contributed by atoms with Gasteiger partial charge >= 0.3 is 0 Å². The Labute approximate surface area is 139 Å². The van der Waals surface area contributed by atoms with Gasteiger partial charge in [-0.25, -0.2) is 0 Å². The first-order chi connectivity index (χ1) is 10.1. The van der Waals surface area contributed by atoms with Crippen molar-refractivity contribution in [2.75, 3.05) is 12.4 Å². The summed E-state index contributed by atoms with van der Waals surface area (Å²) in [7, 11) is 1.61. The lowest BCUT2D eigenvalue weighted by molar-refractivity contribution is 0.0935. The van der Waals surface area contributed by atoms with E-state index in [2.05, 4.69) is 42.5 Å². The number of carbonyl (C=O) groups excluding carboxylic acids is 1. The minimum Gasteiger partial charge on any atom is -0.495 e. The number of hydrogen-bond donors (Lipinski definition) is 2. The van der Waals surface area contributed by atoms with Crippen molar-refractivity contribution in [2.24, 2.45) is 0 Å². The number of carbonyl (C=O) groups is 1. The number of fused-ring (bicyclic) bond motifs is 1. The van der Waals surface area contributed by atoms with E-state index in [1.54, 1.807) is 13.2 Å². The van der Waals surface area contributed by atoms with E-state index in [0.717, 1.165) is 20.2 Å². The number of amides is 1. The molecule has 4 nitrogen and oxygen atoms in total. The first kappa shape index (κ1) is 14.4. The molecule has 0 unspecified atom stereocenters. The van der Waals surface area contributed by atoms with E-state index >= 15 is 0 Å². The van der Waals surface area contributed by atoms with Crippen LogP contribution in [0.15, 0.2) is 45.3 Å². The molecule has 0 aliphatic carbocycles. The lowest BCUT2D eigenvalue weighted by Gasteiger charge is -2.29. The van der Waals surface area contributed by atoms with Crippen LogP contribution in [0.3, 0.4) is 0 Å². The highest BCUT2D eigenvalue weighted by atomic mass is 79.9. The maximum atomic E-state index is 12.2. The first-order valence-corrected chi connectivity index (χ1v) is 7.88. The summed E-state index contributed by atoms with van der Waals surface area (Å²) in [6.45, 7) is 0. The van der Waals surface area contributed by atoms with Gasteiger partial charge in [-0.1, -0.05) is 28.1 Å². The van der Waals surface area contributed by atoms with Crippen LogP contribution in [0.4, 0.5) is 5.69 Å². The number of para-hydroxylation sites is 1. The predicted octanol–water partition coefficient (Wildman–Crippen LogP) is 4.07. The van der Waals surface area contributed by atoms with Gasteiger partial charge in [0.1, 0.15) is 11.9 Å². The van der Waals surface area contributed by atoms with Crippen molar-refractivity contribution in [1.29, 1.82) is 0 Å². The van der Waals surface area contributed by atoms with Crippen LogP contribution in [0.2, 0.25) is 0 Å². The van der Waals surface area contributed by atoms with Crippen LogP contribution in [0, 0.1) is 0 Å². The molecule has 2 aromatic rings. The molecule has 1 amide bonds. The molecule has 21 heavy (non-hydrogen) atoms. The lowest BCUT2D eigenvalue weighted by atomic mass is 10.1. The van der Waals surface area contributed by atoms with Crippen molar-refractivity contribution in [3.63, 3.8) is 0 Å². The molecule has 2 N–H and O–H groups in total. The summed E-state index contributed by atoms with van der Waals surface area (Å²) in [4.78, 5) is 12.2. The number of ether oxygens (including phenoxy) is 1. The van der Waals surface area contributed by atoms with Crippen LogP contribution in [-0.2, 0) is 0 Å². The van der Waals surface area contributed by atoms with Gasteiger partial charge in [0.15, 0.2) is 0 Å². The van der Waals surface area contributed by atoms with Crippen LogP contribution < -0.4 is 15.4 Å². The van der Waals surface area contributed by atoms with Crippen LogP contribution >= 0.6 is 31.9 Å². The van der Waals surface area contributed by atoms with Gasteiger partial charge < -0.3 is 15.4 Å². The zero-order valence-electron chi connectivity index (χ0n) is 11.1. The van der Waals surface area contributed by atoms with Crippen LogP contribution in [0.5, 0.6) is 5.75 Å². The maximum absolute atomic E-state index is 12.2. The molecule has 0 saturated carbocycles. The summed E-state index contributed by atoms with van der Waals surface area (Å²) in [5.74, 6) is 0.586. The van der Waals surface area contributed by atoms with Gasteiger partial charge in [-0.15, -0.1) is 0 Å². The molecule has 3 rings (SSSR count). The molecular formula is C15H12Br2N2O2. The molecule has 1 aliphatic heterocycles. The average molecular weight is 412 g/mol. The minimum atomic E-state index is -0.351. The Morgan fingerprint density at radius 3 is 2.67 bits per heavy atom. The Bertz CT molecular complexity index is 719. The zero-order chi connectivity index (χ0) is 15.0. The fraction of sp³-hybridized carbons (Fsp3) is 0.133. The SMILES string of the molecule is COc1c(Br)cc(Br)cc1[C@H]1NC(=O)c2ccccc2N1. The Hall–Kier alpha value is -1.53. The van der Waals surface area contributed by atoms with E-state index in [1.165, 1.54) is 0 Å². The third-order valence-corrected chi connectivity index (χ3v) is 4.35. The van der Waals surface area contributed by atoms with E-state index in [0.29, 0.717) is 11.3 Å². The topological polar surface area (TPSA) is 50.4 Å². The fourth-order valence-electron chi connectivity index (χ4n) is 2.37. The van der Waals surface area contributed by atoms with Crippen LogP contribution in [0.25, 0.3) is 0 Å². The van der Waals surface area contributed by atoms with Gasteiger partial charge in [0.2, 0.25) is 0 Å². The molecule has 0 fully saturated rings.